The van der Waals surface area contributed by atoms with E-state index in [1.54, 1.807) is 6.07 Å². The van der Waals surface area contributed by atoms with Crippen molar-refractivity contribution in [1.82, 2.24) is 5.32 Å². The Morgan fingerprint density at radius 3 is 2.05 bits per heavy atom. The summed E-state index contributed by atoms with van der Waals surface area (Å²) in [6.45, 7) is 10.2. The summed E-state index contributed by atoms with van der Waals surface area (Å²) in [5.41, 5.74) is 0.835. The summed E-state index contributed by atoms with van der Waals surface area (Å²) < 4.78 is 11.1. The lowest BCUT2D eigenvalue weighted by Gasteiger charge is -2.28. The number of hydrogen-bond acceptors (Lipinski definition) is 3. The van der Waals surface area contributed by atoms with Crippen molar-refractivity contribution >= 4 is 23.2 Å². The molecule has 0 fully saturated rings. The molecule has 0 amide bonds. The summed E-state index contributed by atoms with van der Waals surface area (Å²) in [4.78, 5) is 0. The minimum Gasteiger partial charge on any atom is -0.353 e. The summed E-state index contributed by atoms with van der Waals surface area (Å²) in [7, 11) is 0. The molecule has 21 heavy (non-hydrogen) atoms. The molecule has 1 rings (SSSR count). The third kappa shape index (κ3) is 6.54. The second-order valence-electron chi connectivity index (χ2n) is 5.34. The lowest BCUT2D eigenvalue weighted by molar-refractivity contribution is -0.139. The molecule has 0 radical (unpaired) electrons. The van der Waals surface area contributed by atoms with Crippen LogP contribution in [0.3, 0.4) is 0 Å². The summed E-state index contributed by atoms with van der Waals surface area (Å²) >= 11 is 12.1. The standard InChI is InChI=1S/C16H25Cl2NO2/c1-5-20-15(21-6-2)7-8-19-16(3,4)12-9-13(17)11-14(18)10-12/h9-11,15,19H,5-8H2,1-4H3. The molecule has 0 saturated carbocycles. The van der Waals surface area contributed by atoms with Crippen molar-refractivity contribution in [3.05, 3.63) is 33.8 Å². The monoisotopic (exact) mass is 333 g/mol. The Labute approximate surface area is 137 Å². The topological polar surface area (TPSA) is 30.5 Å². The van der Waals surface area contributed by atoms with Gasteiger partial charge in [0.1, 0.15) is 0 Å². The highest BCUT2D eigenvalue weighted by molar-refractivity contribution is 6.34. The van der Waals surface area contributed by atoms with E-state index < -0.39 is 0 Å². The summed E-state index contributed by atoms with van der Waals surface area (Å²) in [5, 5.41) is 4.79. The fourth-order valence-electron chi connectivity index (χ4n) is 2.11. The van der Waals surface area contributed by atoms with Gasteiger partial charge in [-0.15, -0.1) is 0 Å². The molecule has 0 heterocycles. The molecule has 0 unspecified atom stereocenters. The molecule has 0 aromatic heterocycles. The van der Waals surface area contributed by atoms with Gasteiger partial charge in [0.2, 0.25) is 0 Å². The number of ether oxygens (including phenoxy) is 2. The van der Waals surface area contributed by atoms with Crippen molar-refractivity contribution in [2.75, 3.05) is 19.8 Å². The molecule has 0 aliphatic carbocycles. The SMILES string of the molecule is CCOC(CCNC(C)(C)c1cc(Cl)cc(Cl)c1)OCC. The number of halogens is 2. The molecule has 0 bridgehead atoms. The smallest absolute Gasteiger partial charge is 0.158 e. The van der Waals surface area contributed by atoms with Crippen molar-refractivity contribution in [2.24, 2.45) is 0 Å². The van der Waals surface area contributed by atoms with Gasteiger partial charge in [0.15, 0.2) is 6.29 Å². The Kier molecular flexibility index (Phi) is 7.99. The maximum absolute atomic E-state index is 6.07. The van der Waals surface area contributed by atoms with Crippen LogP contribution in [0.15, 0.2) is 18.2 Å². The maximum atomic E-state index is 6.07. The molecule has 120 valence electrons. The largest absolute Gasteiger partial charge is 0.353 e. The van der Waals surface area contributed by atoms with E-state index in [-0.39, 0.29) is 11.8 Å². The van der Waals surface area contributed by atoms with E-state index in [1.165, 1.54) is 0 Å². The predicted molar refractivity (Wildman–Crippen MR) is 89.1 cm³/mol. The summed E-state index contributed by atoms with van der Waals surface area (Å²) in [5.74, 6) is 0. The highest BCUT2D eigenvalue weighted by atomic mass is 35.5. The second kappa shape index (κ2) is 8.96. The number of rotatable bonds is 9. The molecule has 0 spiro atoms. The third-order valence-electron chi connectivity index (χ3n) is 3.24. The molecule has 0 aliphatic heterocycles. The normalized spacial score (nSPS) is 12.1. The van der Waals surface area contributed by atoms with Crippen LogP contribution in [0, 0.1) is 0 Å². The van der Waals surface area contributed by atoms with Gasteiger partial charge in [0.25, 0.3) is 0 Å². The van der Waals surface area contributed by atoms with Crippen LogP contribution in [0.4, 0.5) is 0 Å². The van der Waals surface area contributed by atoms with Gasteiger partial charge in [0, 0.05) is 41.8 Å². The van der Waals surface area contributed by atoms with Gasteiger partial charge in [-0.2, -0.15) is 0 Å². The molecule has 0 atom stereocenters. The van der Waals surface area contributed by atoms with Crippen molar-refractivity contribution in [3.8, 4) is 0 Å². The van der Waals surface area contributed by atoms with Gasteiger partial charge >= 0.3 is 0 Å². The first-order valence-electron chi connectivity index (χ1n) is 7.33. The zero-order valence-electron chi connectivity index (χ0n) is 13.2. The lowest BCUT2D eigenvalue weighted by Crippen LogP contribution is -2.38. The van der Waals surface area contributed by atoms with Crippen LogP contribution in [0.2, 0.25) is 10.0 Å². The van der Waals surface area contributed by atoms with Crippen LogP contribution in [0.25, 0.3) is 0 Å². The number of hydrogen-bond donors (Lipinski definition) is 1. The Bertz CT molecular complexity index is 412. The first kappa shape index (κ1) is 18.7. The van der Waals surface area contributed by atoms with E-state index in [4.69, 9.17) is 32.7 Å². The molecule has 0 saturated heterocycles. The van der Waals surface area contributed by atoms with E-state index in [1.807, 2.05) is 26.0 Å². The van der Waals surface area contributed by atoms with Crippen molar-refractivity contribution in [3.63, 3.8) is 0 Å². The quantitative estimate of drug-likeness (QED) is 0.669. The van der Waals surface area contributed by atoms with E-state index in [2.05, 4.69) is 19.2 Å². The summed E-state index contributed by atoms with van der Waals surface area (Å²) in [6.07, 6.45) is 0.630. The fourth-order valence-corrected chi connectivity index (χ4v) is 2.63. The van der Waals surface area contributed by atoms with Gasteiger partial charge < -0.3 is 14.8 Å². The van der Waals surface area contributed by atoms with Gasteiger partial charge in [-0.05, 0) is 51.5 Å². The first-order chi connectivity index (χ1) is 9.89. The molecule has 1 N–H and O–H groups in total. The molecule has 0 aliphatic rings. The predicted octanol–water partition coefficient (Wildman–Crippen LogP) is 4.61. The van der Waals surface area contributed by atoms with Crippen LogP contribution in [0.5, 0.6) is 0 Å². The van der Waals surface area contributed by atoms with Gasteiger partial charge in [-0.3, -0.25) is 0 Å². The minimum atomic E-state index is -0.225. The van der Waals surface area contributed by atoms with Gasteiger partial charge in [0.05, 0.1) is 0 Å². The molecule has 5 heteroatoms. The highest BCUT2D eigenvalue weighted by Gasteiger charge is 2.21. The Balaban J connectivity index is 2.59. The Morgan fingerprint density at radius 2 is 1.57 bits per heavy atom. The molecule has 1 aromatic carbocycles. The van der Waals surface area contributed by atoms with Crippen LogP contribution in [-0.2, 0) is 15.0 Å². The molecular weight excluding hydrogens is 309 g/mol. The van der Waals surface area contributed by atoms with Crippen molar-refractivity contribution in [2.45, 2.75) is 45.9 Å². The van der Waals surface area contributed by atoms with Crippen LogP contribution >= 0.6 is 23.2 Å². The van der Waals surface area contributed by atoms with Crippen LogP contribution in [-0.4, -0.2) is 26.0 Å². The zero-order chi connectivity index (χ0) is 15.9. The van der Waals surface area contributed by atoms with Gasteiger partial charge in [-0.25, -0.2) is 0 Å². The average molecular weight is 334 g/mol. The maximum Gasteiger partial charge on any atom is 0.158 e. The lowest BCUT2D eigenvalue weighted by atomic mass is 9.94. The van der Waals surface area contributed by atoms with E-state index in [9.17, 15) is 0 Å². The molecule has 1 aromatic rings. The third-order valence-corrected chi connectivity index (χ3v) is 3.67. The molecule has 3 nitrogen and oxygen atoms in total. The Morgan fingerprint density at radius 1 is 1.05 bits per heavy atom. The van der Waals surface area contributed by atoms with E-state index in [0.29, 0.717) is 23.3 Å². The molecular formula is C16H25Cl2NO2. The highest BCUT2D eigenvalue weighted by Crippen LogP contribution is 2.27. The fraction of sp³-hybridized carbons (Fsp3) is 0.625. The van der Waals surface area contributed by atoms with Crippen LogP contribution < -0.4 is 5.32 Å². The van der Waals surface area contributed by atoms with E-state index in [0.717, 1.165) is 18.5 Å². The van der Waals surface area contributed by atoms with Gasteiger partial charge in [-0.1, -0.05) is 23.2 Å². The number of nitrogens with one attached hydrogen (secondary N) is 1. The first-order valence-corrected chi connectivity index (χ1v) is 8.09. The van der Waals surface area contributed by atoms with E-state index >= 15 is 0 Å². The minimum absolute atomic E-state index is 0.161. The Hall–Kier alpha value is -0.320. The second-order valence-corrected chi connectivity index (χ2v) is 6.21. The number of benzene rings is 1. The summed E-state index contributed by atoms with van der Waals surface area (Å²) in [6, 6.07) is 5.61. The average Bonchev–Trinajstić information content (AvgIpc) is 2.38. The van der Waals surface area contributed by atoms with Crippen molar-refractivity contribution < 1.29 is 9.47 Å². The zero-order valence-corrected chi connectivity index (χ0v) is 14.7. The van der Waals surface area contributed by atoms with Crippen LogP contribution in [0.1, 0.15) is 39.7 Å². The van der Waals surface area contributed by atoms with Crippen molar-refractivity contribution in [1.29, 1.82) is 0 Å².